The van der Waals surface area contributed by atoms with E-state index in [1.54, 1.807) is 13.3 Å². The van der Waals surface area contributed by atoms with E-state index in [2.05, 4.69) is 29.4 Å². The first kappa shape index (κ1) is 13.5. The second-order valence-electron chi connectivity index (χ2n) is 4.00. The van der Waals surface area contributed by atoms with Gasteiger partial charge in [0.25, 0.3) is 0 Å². The summed E-state index contributed by atoms with van der Waals surface area (Å²) in [6.07, 6.45) is 2.68. The van der Waals surface area contributed by atoms with Crippen LogP contribution in [0.25, 0.3) is 10.8 Å². The molecule has 0 unspecified atom stereocenters. The van der Waals surface area contributed by atoms with Crippen molar-refractivity contribution >= 4 is 35.2 Å². The molecule has 5 heteroatoms. The Labute approximate surface area is 117 Å². The Balaban J connectivity index is 2.71. The highest BCUT2D eigenvalue weighted by molar-refractivity contribution is 7.78. The van der Waals surface area contributed by atoms with Crippen LogP contribution in [0, 0.1) is 0 Å². The summed E-state index contributed by atoms with van der Waals surface area (Å²) in [6, 6.07) is 6.01. The quantitative estimate of drug-likeness (QED) is 0.661. The monoisotopic (exact) mass is 282 g/mol. The first-order valence-corrected chi connectivity index (χ1v) is 6.55. The smallest absolute Gasteiger partial charge is 0.129 e. The van der Waals surface area contributed by atoms with Crippen LogP contribution in [-0.2, 0) is 0 Å². The van der Waals surface area contributed by atoms with Crippen molar-refractivity contribution in [1.82, 2.24) is 9.71 Å². The number of hydrogen-bond donors (Lipinski definition) is 2. The Bertz CT molecular complexity index is 558. The van der Waals surface area contributed by atoms with Crippen molar-refractivity contribution in [2.75, 3.05) is 7.11 Å². The number of pyridine rings is 1. The molecule has 2 rings (SSSR count). The van der Waals surface area contributed by atoms with Gasteiger partial charge in [-0.15, -0.1) is 0 Å². The number of rotatable bonds is 4. The molecule has 1 atom stereocenters. The molecule has 1 heterocycles. The lowest BCUT2D eigenvalue weighted by molar-refractivity contribution is 0.419. The minimum Gasteiger partial charge on any atom is -0.496 e. The van der Waals surface area contributed by atoms with Crippen molar-refractivity contribution in [3.05, 3.63) is 35.1 Å². The standard InChI is InChI=1S/C13H15ClN2OS/c1-3-11(16-18)8-4-5-12(17-2)10-7-15-13(14)6-9(8)10/h4-7,11,16,18H,3H2,1-2H3/t11-/m1/s1. The highest BCUT2D eigenvalue weighted by Crippen LogP contribution is 2.33. The molecule has 0 saturated heterocycles. The minimum absolute atomic E-state index is 0.167. The molecule has 2 aromatic rings. The Hall–Kier alpha value is -0.970. The topological polar surface area (TPSA) is 34.1 Å². The number of aromatic nitrogens is 1. The lowest BCUT2D eigenvalue weighted by Crippen LogP contribution is -2.10. The lowest BCUT2D eigenvalue weighted by Gasteiger charge is -2.17. The van der Waals surface area contributed by atoms with Crippen molar-refractivity contribution in [2.45, 2.75) is 19.4 Å². The summed E-state index contributed by atoms with van der Waals surface area (Å²) in [5.41, 5.74) is 1.15. The second-order valence-corrected chi connectivity index (χ2v) is 4.65. The van der Waals surface area contributed by atoms with Gasteiger partial charge in [0.05, 0.1) is 7.11 Å². The molecule has 1 aromatic heterocycles. The molecule has 0 fully saturated rings. The van der Waals surface area contributed by atoms with E-state index >= 15 is 0 Å². The first-order chi connectivity index (χ1) is 8.71. The summed E-state index contributed by atoms with van der Waals surface area (Å²) in [6.45, 7) is 2.10. The molecule has 0 aliphatic rings. The molecule has 0 radical (unpaired) electrons. The van der Waals surface area contributed by atoms with Gasteiger partial charge in [-0.1, -0.05) is 37.4 Å². The molecule has 18 heavy (non-hydrogen) atoms. The molecule has 0 spiro atoms. The fourth-order valence-electron chi connectivity index (χ4n) is 2.07. The predicted molar refractivity (Wildman–Crippen MR) is 78.5 cm³/mol. The molecule has 96 valence electrons. The fraction of sp³-hybridized carbons (Fsp3) is 0.308. The van der Waals surface area contributed by atoms with Crippen LogP contribution < -0.4 is 9.46 Å². The van der Waals surface area contributed by atoms with Gasteiger partial charge in [-0.05, 0) is 29.5 Å². The van der Waals surface area contributed by atoms with Crippen LogP contribution in [0.15, 0.2) is 24.4 Å². The average Bonchev–Trinajstić information content (AvgIpc) is 2.40. The summed E-state index contributed by atoms with van der Waals surface area (Å²) in [7, 11) is 1.65. The van der Waals surface area contributed by atoms with Crippen molar-refractivity contribution in [2.24, 2.45) is 0 Å². The summed E-state index contributed by atoms with van der Waals surface area (Å²) in [4.78, 5) is 4.11. The zero-order chi connectivity index (χ0) is 13.1. The molecule has 0 saturated carbocycles. The van der Waals surface area contributed by atoms with Crippen molar-refractivity contribution in [3.63, 3.8) is 0 Å². The molecule has 1 N–H and O–H groups in total. The highest BCUT2D eigenvalue weighted by Gasteiger charge is 2.14. The summed E-state index contributed by atoms with van der Waals surface area (Å²) in [5.74, 6) is 0.798. The van der Waals surface area contributed by atoms with Crippen LogP contribution in [0.3, 0.4) is 0 Å². The van der Waals surface area contributed by atoms with Crippen LogP contribution in [0.2, 0.25) is 5.15 Å². The normalized spacial score (nSPS) is 12.7. The zero-order valence-corrected chi connectivity index (χ0v) is 11.9. The van der Waals surface area contributed by atoms with Gasteiger partial charge in [-0.25, -0.2) is 4.98 Å². The number of benzene rings is 1. The maximum absolute atomic E-state index is 5.99. The first-order valence-electron chi connectivity index (χ1n) is 5.73. The minimum atomic E-state index is 0.167. The van der Waals surface area contributed by atoms with E-state index in [1.165, 1.54) is 0 Å². The average molecular weight is 283 g/mol. The van der Waals surface area contributed by atoms with Gasteiger partial charge >= 0.3 is 0 Å². The van der Waals surface area contributed by atoms with Crippen LogP contribution in [0.1, 0.15) is 24.9 Å². The molecular weight excluding hydrogens is 268 g/mol. The number of hydrogen-bond acceptors (Lipinski definition) is 4. The van der Waals surface area contributed by atoms with Gasteiger partial charge in [0.1, 0.15) is 10.9 Å². The predicted octanol–water partition coefficient (Wildman–Crippen LogP) is 3.78. The molecular formula is C13H15ClN2OS. The number of methoxy groups -OCH3 is 1. The number of ether oxygens (including phenoxy) is 1. The fourth-order valence-corrected chi connectivity index (χ4v) is 2.55. The summed E-state index contributed by atoms with van der Waals surface area (Å²) < 4.78 is 8.35. The maximum Gasteiger partial charge on any atom is 0.129 e. The Kier molecular flexibility index (Phi) is 4.32. The third kappa shape index (κ3) is 2.41. The van der Waals surface area contributed by atoms with E-state index in [0.717, 1.165) is 28.5 Å². The number of halogens is 1. The molecule has 0 amide bonds. The van der Waals surface area contributed by atoms with E-state index in [9.17, 15) is 0 Å². The summed E-state index contributed by atoms with van der Waals surface area (Å²) >= 11 is 10.2. The largest absolute Gasteiger partial charge is 0.496 e. The van der Waals surface area contributed by atoms with Gasteiger partial charge in [0, 0.05) is 17.6 Å². The molecule has 0 aliphatic heterocycles. The third-order valence-electron chi connectivity index (χ3n) is 3.02. The van der Waals surface area contributed by atoms with Crippen molar-refractivity contribution in [3.8, 4) is 5.75 Å². The van der Waals surface area contributed by atoms with E-state index in [4.69, 9.17) is 16.3 Å². The van der Waals surface area contributed by atoms with Gasteiger partial charge in [-0.3, -0.25) is 4.72 Å². The maximum atomic E-state index is 5.99. The van der Waals surface area contributed by atoms with Crippen LogP contribution >= 0.6 is 24.4 Å². The number of nitrogens with one attached hydrogen (secondary N) is 1. The third-order valence-corrected chi connectivity index (χ3v) is 3.54. The van der Waals surface area contributed by atoms with Gasteiger partial charge in [-0.2, -0.15) is 0 Å². The lowest BCUT2D eigenvalue weighted by atomic mass is 9.98. The van der Waals surface area contributed by atoms with Crippen molar-refractivity contribution in [1.29, 1.82) is 0 Å². The molecule has 0 bridgehead atoms. The van der Waals surface area contributed by atoms with Crippen LogP contribution in [0.5, 0.6) is 5.75 Å². The summed E-state index contributed by atoms with van der Waals surface area (Å²) in [5, 5.41) is 2.48. The Morgan fingerprint density at radius 1 is 1.44 bits per heavy atom. The number of nitrogens with zero attached hydrogens (tertiary/aromatic N) is 1. The Morgan fingerprint density at radius 2 is 2.22 bits per heavy atom. The zero-order valence-electron chi connectivity index (χ0n) is 10.3. The van der Waals surface area contributed by atoms with Crippen LogP contribution in [0.4, 0.5) is 0 Å². The van der Waals surface area contributed by atoms with E-state index in [1.807, 2.05) is 18.2 Å². The number of fused-ring (bicyclic) bond motifs is 1. The van der Waals surface area contributed by atoms with Crippen molar-refractivity contribution < 1.29 is 4.74 Å². The van der Waals surface area contributed by atoms with E-state index in [0.29, 0.717) is 5.15 Å². The van der Waals surface area contributed by atoms with Gasteiger partial charge in [0.15, 0.2) is 0 Å². The second kappa shape index (κ2) is 5.78. The number of thiol groups is 1. The highest BCUT2D eigenvalue weighted by atomic mass is 35.5. The Morgan fingerprint density at radius 3 is 2.83 bits per heavy atom. The van der Waals surface area contributed by atoms with E-state index < -0.39 is 0 Å². The van der Waals surface area contributed by atoms with Gasteiger partial charge < -0.3 is 4.74 Å². The molecule has 3 nitrogen and oxygen atoms in total. The van der Waals surface area contributed by atoms with Crippen LogP contribution in [-0.4, -0.2) is 12.1 Å². The van der Waals surface area contributed by atoms with E-state index in [-0.39, 0.29) is 6.04 Å². The molecule has 1 aromatic carbocycles. The SMILES string of the molecule is CC[C@@H](NS)c1ccc(OC)c2cnc(Cl)cc12. The van der Waals surface area contributed by atoms with Gasteiger partial charge in [0.2, 0.25) is 0 Å². The molecule has 0 aliphatic carbocycles.